The molecule has 108 valence electrons. The third kappa shape index (κ3) is 2.16. The Morgan fingerprint density at radius 2 is 2.14 bits per heavy atom. The van der Waals surface area contributed by atoms with Gasteiger partial charge in [-0.05, 0) is 31.0 Å². The summed E-state index contributed by atoms with van der Waals surface area (Å²) in [4.78, 5) is 16.1. The number of hydrogen-bond donors (Lipinski definition) is 0. The van der Waals surface area contributed by atoms with E-state index < -0.39 is 0 Å². The second-order valence-electron chi connectivity index (χ2n) is 5.50. The largest absolute Gasteiger partial charge is 0.421 e. The van der Waals surface area contributed by atoms with Gasteiger partial charge in [0.2, 0.25) is 0 Å². The third-order valence-electron chi connectivity index (χ3n) is 4.11. The predicted octanol–water partition coefficient (Wildman–Crippen LogP) is 2.35. The Kier molecular flexibility index (Phi) is 2.87. The van der Waals surface area contributed by atoms with Crippen LogP contribution in [0.15, 0.2) is 39.8 Å². The van der Waals surface area contributed by atoms with Crippen molar-refractivity contribution in [3.63, 3.8) is 0 Å². The summed E-state index contributed by atoms with van der Waals surface area (Å²) in [5.74, 6) is -0.390. The molecule has 0 N–H and O–H groups in total. The second kappa shape index (κ2) is 4.87. The minimum atomic E-state index is -0.390. The Hall–Kier alpha value is -2.37. The van der Waals surface area contributed by atoms with Gasteiger partial charge in [-0.15, -0.1) is 0 Å². The molecule has 0 saturated heterocycles. The third-order valence-corrected chi connectivity index (χ3v) is 4.11. The highest BCUT2D eigenvalue weighted by Gasteiger charge is 2.18. The van der Waals surface area contributed by atoms with Crippen molar-refractivity contribution < 1.29 is 4.42 Å². The molecule has 0 unspecified atom stereocenters. The maximum atomic E-state index is 11.9. The van der Waals surface area contributed by atoms with Gasteiger partial charge in [0.05, 0.1) is 18.3 Å². The Bertz CT molecular complexity index is 823. The van der Waals surface area contributed by atoms with Crippen LogP contribution in [0.25, 0.3) is 11.2 Å². The number of nitrogens with zero attached hydrogens (tertiary/aromatic N) is 4. The van der Waals surface area contributed by atoms with Crippen molar-refractivity contribution in [3.8, 4) is 0 Å². The van der Waals surface area contributed by atoms with Crippen molar-refractivity contribution in [1.29, 1.82) is 0 Å². The van der Waals surface area contributed by atoms with Crippen LogP contribution in [0.4, 0.5) is 0 Å². The molecule has 4 rings (SSSR count). The van der Waals surface area contributed by atoms with Crippen LogP contribution in [0, 0.1) is 0 Å². The highest BCUT2D eigenvalue weighted by atomic mass is 16.4. The lowest BCUT2D eigenvalue weighted by Crippen LogP contribution is -2.16. The molecule has 1 saturated carbocycles. The van der Waals surface area contributed by atoms with Crippen molar-refractivity contribution in [1.82, 2.24) is 19.3 Å². The molecule has 6 nitrogen and oxygen atoms in total. The SMILES string of the molecule is O=c1oc2cccnc2n1Cc1ccn(C2CCCC2)n1. The van der Waals surface area contributed by atoms with E-state index in [9.17, 15) is 4.79 Å². The Morgan fingerprint density at radius 3 is 3.00 bits per heavy atom. The summed E-state index contributed by atoms with van der Waals surface area (Å²) in [6, 6.07) is 5.98. The summed E-state index contributed by atoms with van der Waals surface area (Å²) in [7, 11) is 0. The smallest absolute Gasteiger partial charge is 0.406 e. The fraction of sp³-hybridized carbons (Fsp3) is 0.400. The molecule has 1 fully saturated rings. The van der Waals surface area contributed by atoms with Gasteiger partial charge in [-0.3, -0.25) is 9.25 Å². The molecule has 3 heterocycles. The zero-order chi connectivity index (χ0) is 14.2. The number of aromatic nitrogens is 4. The lowest BCUT2D eigenvalue weighted by molar-refractivity contribution is 0.459. The van der Waals surface area contributed by atoms with E-state index in [1.54, 1.807) is 18.3 Å². The van der Waals surface area contributed by atoms with Gasteiger partial charge in [-0.1, -0.05) is 12.8 Å². The number of fused-ring (bicyclic) bond motifs is 1. The first kappa shape index (κ1) is 12.4. The van der Waals surface area contributed by atoms with Gasteiger partial charge < -0.3 is 4.42 Å². The second-order valence-corrected chi connectivity index (χ2v) is 5.50. The number of oxazole rings is 1. The van der Waals surface area contributed by atoms with Crippen LogP contribution in [0.2, 0.25) is 0 Å². The first-order valence-electron chi connectivity index (χ1n) is 7.30. The maximum Gasteiger partial charge on any atom is 0.421 e. The highest BCUT2D eigenvalue weighted by Crippen LogP contribution is 2.28. The first-order chi connectivity index (χ1) is 10.3. The lowest BCUT2D eigenvalue weighted by Gasteiger charge is -2.08. The summed E-state index contributed by atoms with van der Waals surface area (Å²) in [5, 5.41) is 4.60. The van der Waals surface area contributed by atoms with E-state index in [2.05, 4.69) is 10.1 Å². The van der Waals surface area contributed by atoms with E-state index in [1.807, 2.05) is 16.9 Å². The van der Waals surface area contributed by atoms with Gasteiger partial charge in [-0.25, -0.2) is 9.78 Å². The van der Waals surface area contributed by atoms with Crippen molar-refractivity contribution in [3.05, 3.63) is 46.8 Å². The lowest BCUT2D eigenvalue weighted by atomic mass is 10.3. The molecule has 1 aliphatic rings. The average Bonchev–Trinajstić information content (AvgIpc) is 3.20. The van der Waals surface area contributed by atoms with Crippen molar-refractivity contribution in [2.75, 3.05) is 0 Å². The summed E-state index contributed by atoms with van der Waals surface area (Å²) in [6.07, 6.45) is 8.59. The van der Waals surface area contributed by atoms with Crippen molar-refractivity contribution in [2.45, 2.75) is 38.3 Å². The molecular weight excluding hydrogens is 268 g/mol. The number of hydrogen-bond acceptors (Lipinski definition) is 4. The minimum Gasteiger partial charge on any atom is -0.406 e. The van der Waals surface area contributed by atoms with Crippen LogP contribution >= 0.6 is 0 Å². The zero-order valence-electron chi connectivity index (χ0n) is 11.6. The summed E-state index contributed by atoms with van der Waals surface area (Å²) >= 11 is 0. The molecule has 1 aliphatic carbocycles. The molecule has 6 heteroatoms. The quantitative estimate of drug-likeness (QED) is 0.740. The van der Waals surface area contributed by atoms with Gasteiger partial charge in [-0.2, -0.15) is 5.10 Å². The van der Waals surface area contributed by atoms with E-state index >= 15 is 0 Å². The predicted molar refractivity (Wildman–Crippen MR) is 77.1 cm³/mol. The zero-order valence-corrected chi connectivity index (χ0v) is 11.6. The standard InChI is InChI=1S/C15H16N4O2/c20-15-18(14-13(21-15)6-3-8-16-14)10-11-7-9-19(17-11)12-4-1-2-5-12/h3,6-9,12H,1-2,4-5,10H2. The molecule has 0 atom stereocenters. The maximum absolute atomic E-state index is 11.9. The molecule has 0 radical (unpaired) electrons. The topological polar surface area (TPSA) is 65.8 Å². The monoisotopic (exact) mass is 284 g/mol. The molecule has 0 amide bonds. The molecule has 3 aromatic heterocycles. The van der Waals surface area contributed by atoms with E-state index in [0.717, 1.165) is 5.69 Å². The van der Waals surface area contributed by atoms with Crippen LogP contribution in [0.3, 0.4) is 0 Å². The fourth-order valence-corrected chi connectivity index (χ4v) is 3.04. The average molecular weight is 284 g/mol. The van der Waals surface area contributed by atoms with Gasteiger partial charge in [0, 0.05) is 12.4 Å². The Labute approximate surface area is 121 Å². The Balaban J connectivity index is 1.65. The van der Waals surface area contributed by atoms with Gasteiger partial charge in [0.1, 0.15) is 0 Å². The molecule has 3 aromatic rings. The fourth-order valence-electron chi connectivity index (χ4n) is 3.04. The molecular formula is C15H16N4O2. The first-order valence-corrected chi connectivity index (χ1v) is 7.30. The van der Waals surface area contributed by atoms with Crippen molar-refractivity contribution >= 4 is 11.2 Å². The normalized spacial score (nSPS) is 16.0. The van der Waals surface area contributed by atoms with Crippen LogP contribution in [-0.4, -0.2) is 19.3 Å². The molecule has 21 heavy (non-hydrogen) atoms. The minimum absolute atomic E-state index is 0.390. The van der Waals surface area contributed by atoms with Gasteiger partial charge >= 0.3 is 5.76 Å². The van der Waals surface area contributed by atoms with Crippen LogP contribution < -0.4 is 5.76 Å². The van der Waals surface area contributed by atoms with Crippen molar-refractivity contribution in [2.24, 2.45) is 0 Å². The Morgan fingerprint density at radius 1 is 1.29 bits per heavy atom. The summed E-state index contributed by atoms with van der Waals surface area (Å²) in [5.41, 5.74) is 1.94. The molecule has 0 spiro atoms. The van der Waals surface area contributed by atoms with Crippen LogP contribution in [0.5, 0.6) is 0 Å². The summed E-state index contributed by atoms with van der Waals surface area (Å²) in [6.45, 7) is 0.391. The van der Waals surface area contributed by atoms with Gasteiger partial charge in [0.25, 0.3) is 0 Å². The highest BCUT2D eigenvalue weighted by molar-refractivity contribution is 5.67. The van der Waals surface area contributed by atoms with E-state index in [4.69, 9.17) is 4.42 Å². The molecule has 0 aliphatic heterocycles. The molecule has 0 bridgehead atoms. The van der Waals surface area contributed by atoms with Crippen LogP contribution in [0.1, 0.15) is 37.4 Å². The van der Waals surface area contributed by atoms with Gasteiger partial charge in [0.15, 0.2) is 11.2 Å². The van der Waals surface area contributed by atoms with Crippen LogP contribution in [-0.2, 0) is 6.54 Å². The van der Waals surface area contributed by atoms with E-state index in [-0.39, 0.29) is 5.76 Å². The summed E-state index contributed by atoms with van der Waals surface area (Å²) < 4.78 is 8.74. The number of pyridine rings is 1. The van der Waals surface area contributed by atoms with E-state index in [1.165, 1.54) is 30.3 Å². The van der Waals surface area contributed by atoms with E-state index in [0.29, 0.717) is 23.8 Å². The number of rotatable bonds is 3. The molecule has 0 aromatic carbocycles.